The van der Waals surface area contributed by atoms with Gasteiger partial charge in [0.25, 0.3) is 0 Å². The molecule has 0 heterocycles. The zero-order chi connectivity index (χ0) is 9.68. The predicted molar refractivity (Wildman–Crippen MR) is 48.9 cm³/mol. The van der Waals surface area contributed by atoms with Crippen molar-refractivity contribution in [3.8, 4) is 6.07 Å². The lowest BCUT2D eigenvalue weighted by molar-refractivity contribution is -0.130. The monoisotopic (exact) mass is 181 g/mol. The fourth-order valence-electron chi connectivity index (χ4n) is 1.32. The third-order valence-electron chi connectivity index (χ3n) is 2.10. The van der Waals surface area contributed by atoms with E-state index in [1.807, 2.05) is 4.90 Å². The maximum absolute atomic E-state index is 11.5. The van der Waals surface area contributed by atoms with E-state index in [1.54, 1.807) is 7.05 Å². The topological polar surface area (TPSA) is 56.1 Å². The van der Waals surface area contributed by atoms with Gasteiger partial charge in [-0.05, 0) is 19.9 Å². The molecule has 0 atom stereocenters. The van der Waals surface area contributed by atoms with Crippen LogP contribution in [0.2, 0.25) is 0 Å². The second-order valence-electron chi connectivity index (χ2n) is 3.26. The molecule has 0 bridgehead atoms. The number of nitriles is 1. The van der Waals surface area contributed by atoms with Gasteiger partial charge in [-0.3, -0.25) is 4.79 Å². The molecule has 0 aromatic heterocycles. The van der Waals surface area contributed by atoms with E-state index in [4.69, 9.17) is 5.26 Å². The number of likely N-dealkylation sites (N-methyl/N-ethyl adjacent to an activating group) is 1. The molecule has 1 N–H and O–H groups in total. The summed E-state index contributed by atoms with van der Waals surface area (Å²) in [6, 6.07) is 2.47. The highest BCUT2D eigenvalue weighted by Crippen LogP contribution is 2.26. The molecule has 1 saturated carbocycles. The first-order valence-corrected chi connectivity index (χ1v) is 4.60. The van der Waals surface area contributed by atoms with Crippen LogP contribution in [0.15, 0.2) is 0 Å². The molecule has 72 valence electrons. The molecule has 0 saturated heterocycles. The molecule has 4 heteroatoms. The lowest BCUT2D eigenvalue weighted by atomic mass is 10.3. The normalized spacial score (nSPS) is 15.1. The van der Waals surface area contributed by atoms with Gasteiger partial charge in [0.15, 0.2) is 0 Å². The van der Waals surface area contributed by atoms with Crippen LogP contribution in [0, 0.1) is 11.3 Å². The average molecular weight is 181 g/mol. The summed E-state index contributed by atoms with van der Waals surface area (Å²) in [5.74, 6) is 0.111. The molecule has 1 aliphatic carbocycles. The van der Waals surface area contributed by atoms with Crippen molar-refractivity contribution in [2.75, 3.05) is 20.1 Å². The third kappa shape index (κ3) is 3.03. The Balaban J connectivity index is 2.37. The van der Waals surface area contributed by atoms with Crippen LogP contribution in [0.1, 0.15) is 19.3 Å². The Labute approximate surface area is 78.5 Å². The van der Waals surface area contributed by atoms with E-state index in [2.05, 4.69) is 11.4 Å². The van der Waals surface area contributed by atoms with Crippen molar-refractivity contribution in [1.29, 1.82) is 5.26 Å². The lowest BCUT2D eigenvalue weighted by Crippen LogP contribution is -2.39. The van der Waals surface area contributed by atoms with Crippen LogP contribution in [0.25, 0.3) is 0 Å². The van der Waals surface area contributed by atoms with Crippen molar-refractivity contribution in [2.24, 2.45) is 0 Å². The second kappa shape index (κ2) is 4.83. The first-order valence-electron chi connectivity index (χ1n) is 4.60. The Morgan fingerprint density at radius 1 is 1.69 bits per heavy atom. The van der Waals surface area contributed by atoms with E-state index >= 15 is 0 Å². The molecule has 1 fully saturated rings. The number of carbonyl (C=O) groups is 1. The predicted octanol–water partition coefficient (Wildman–Crippen LogP) is 0.110. The second-order valence-corrected chi connectivity index (χ2v) is 3.26. The lowest BCUT2D eigenvalue weighted by Gasteiger charge is -2.20. The Morgan fingerprint density at radius 2 is 2.38 bits per heavy atom. The Morgan fingerprint density at radius 3 is 2.85 bits per heavy atom. The number of hydrogen-bond donors (Lipinski definition) is 1. The molecule has 0 aromatic carbocycles. The van der Waals surface area contributed by atoms with Crippen LogP contribution in [0.3, 0.4) is 0 Å². The Bertz CT molecular complexity index is 217. The summed E-state index contributed by atoms with van der Waals surface area (Å²) in [5, 5.41) is 11.3. The molecule has 0 radical (unpaired) electrons. The van der Waals surface area contributed by atoms with Crippen molar-refractivity contribution in [3.63, 3.8) is 0 Å². The fraction of sp³-hybridized carbons (Fsp3) is 0.778. The largest absolute Gasteiger partial charge is 0.338 e. The molecule has 1 rings (SSSR count). The molecule has 13 heavy (non-hydrogen) atoms. The quantitative estimate of drug-likeness (QED) is 0.655. The summed E-state index contributed by atoms with van der Waals surface area (Å²) >= 11 is 0. The van der Waals surface area contributed by atoms with Crippen LogP contribution in [0.5, 0.6) is 0 Å². The third-order valence-corrected chi connectivity index (χ3v) is 2.10. The van der Waals surface area contributed by atoms with E-state index in [-0.39, 0.29) is 5.91 Å². The molecular formula is C9H15N3O. The molecule has 0 aromatic rings. The summed E-state index contributed by atoms with van der Waals surface area (Å²) < 4.78 is 0. The summed E-state index contributed by atoms with van der Waals surface area (Å²) in [5.41, 5.74) is 0. The van der Waals surface area contributed by atoms with Gasteiger partial charge >= 0.3 is 0 Å². The standard InChI is InChI=1S/C9H15N3O/c1-11-7-9(13)12(6-2-5-10)8-3-4-8/h8,11H,2-4,6-7H2,1H3. The molecule has 0 aliphatic heterocycles. The molecule has 0 spiro atoms. The highest BCUT2D eigenvalue weighted by Gasteiger charge is 2.31. The number of nitrogens with one attached hydrogen (secondary N) is 1. The Kier molecular flexibility index (Phi) is 3.71. The van der Waals surface area contributed by atoms with Gasteiger partial charge in [-0.25, -0.2) is 0 Å². The number of carbonyl (C=O) groups excluding carboxylic acids is 1. The van der Waals surface area contributed by atoms with Crippen LogP contribution in [-0.2, 0) is 4.79 Å². The van der Waals surface area contributed by atoms with Crippen LogP contribution in [0.4, 0.5) is 0 Å². The van der Waals surface area contributed by atoms with Gasteiger partial charge in [0.2, 0.25) is 5.91 Å². The number of rotatable bonds is 5. The summed E-state index contributed by atoms with van der Waals surface area (Å²) in [6.07, 6.45) is 2.63. The van der Waals surface area contributed by atoms with Gasteiger partial charge in [-0.2, -0.15) is 5.26 Å². The molecule has 1 amide bonds. The zero-order valence-corrected chi connectivity index (χ0v) is 7.92. The summed E-state index contributed by atoms with van der Waals surface area (Å²) in [4.78, 5) is 13.3. The van der Waals surface area contributed by atoms with Gasteiger partial charge in [0.05, 0.1) is 19.0 Å². The van der Waals surface area contributed by atoms with Gasteiger partial charge in [-0.15, -0.1) is 0 Å². The van der Waals surface area contributed by atoms with Crippen molar-refractivity contribution >= 4 is 5.91 Å². The molecular weight excluding hydrogens is 166 g/mol. The minimum absolute atomic E-state index is 0.111. The Hall–Kier alpha value is -1.08. The van der Waals surface area contributed by atoms with Gasteiger partial charge in [0.1, 0.15) is 0 Å². The fourth-order valence-corrected chi connectivity index (χ4v) is 1.32. The number of nitrogens with zero attached hydrogens (tertiary/aromatic N) is 2. The highest BCUT2D eigenvalue weighted by molar-refractivity contribution is 5.78. The summed E-state index contributed by atoms with van der Waals surface area (Å²) in [6.45, 7) is 0.962. The van der Waals surface area contributed by atoms with E-state index in [9.17, 15) is 4.79 Å². The average Bonchev–Trinajstić information content (AvgIpc) is 2.89. The number of amides is 1. The zero-order valence-electron chi connectivity index (χ0n) is 7.92. The highest BCUT2D eigenvalue weighted by atomic mass is 16.2. The minimum Gasteiger partial charge on any atom is -0.338 e. The smallest absolute Gasteiger partial charge is 0.236 e. The van der Waals surface area contributed by atoms with Gasteiger partial charge in [0, 0.05) is 12.6 Å². The van der Waals surface area contributed by atoms with Gasteiger partial charge < -0.3 is 10.2 Å². The van der Waals surface area contributed by atoms with Gasteiger partial charge in [-0.1, -0.05) is 0 Å². The van der Waals surface area contributed by atoms with E-state index in [1.165, 1.54) is 0 Å². The first-order chi connectivity index (χ1) is 6.29. The van der Waals surface area contributed by atoms with Crippen LogP contribution >= 0.6 is 0 Å². The SMILES string of the molecule is CNCC(=O)N(CCC#N)C1CC1. The van der Waals surface area contributed by atoms with E-state index in [0.29, 0.717) is 25.6 Å². The van der Waals surface area contributed by atoms with Crippen LogP contribution < -0.4 is 5.32 Å². The molecule has 0 unspecified atom stereocenters. The molecule has 4 nitrogen and oxygen atoms in total. The minimum atomic E-state index is 0.111. The number of hydrogen-bond acceptors (Lipinski definition) is 3. The van der Waals surface area contributed by atoms with Crippen molar-refractivity contribution in [2.45, 2.75) is 25.3 Å². The van der Waals surface area contributed by atoms with Crippen molar-refractivity contribution in [3.05, 3.63) is 0 Å². The van der Waals surface area contributed by atoms with Crippen molar-refractivity contribution < 1.29 is 4.79 Å². The van der Waals surface area contributed by atoms with E-state index < -0.39 is 0 Å². The molecule has 1 aliphatic rings. The first kappa shape index (κ1) is 10.0. The van der Waals surface area contributed by atoms with E-state index in [0.717, 1.165) is 12.8 Å². The maximum atomic E-state index is 11.5. The van der Waals surface area contributed by atoms with Crippen LogP contribution in [-0.4, -0.2) is 37.0 Å². The summed E-state index contributed by atoms with van der Waals surface area (Å²) in [7, 11) is 1.76. The maximum Gasteiger partial charge on any atom is 0.236 e. The van der Waals surface area contributed by atoms with Crippen molar-refractivity contribution in [1.82, 2.24) is 10.2 Å².